The smallest absolute Gasteiger partial charge is 0.155 e. The lowest BCUT2D eigenvalue weighted by Crippen LogP contribution is -2.38. The molecule has 0 unspecified atom stereocenters. The number of rotatable bonds is 6. The predicted octanol–water partition coefficient (Wildman–Crippen LogP) is 8.03. The molecule has 3 nitrogen and oxygen atoms in total. The Morgan fingerprint density at radius 2 is 1.24 bits per heavy atom. The van der Waals surface area contributed by atoms with E-state index in [9.17, 15) is 4.39 Å². The first-order valence-electron chi connectivity index (χ1n) is 12.8. The van der Waals surface area contributed by atoms with Gasteiger partial charge in [0.05, 0.1) is 5.52 Å². The Morgan fingerprint density at radius 1 is 0.684 bits per heavy atom. The number of anilines is 1. The molecule has 1 N–H and O–H groups in total. The van der Waals surface area contributed by atoms with Gasteiger partial charge >= 0.3 is 0 Å². The van der Waals surface area contributed by atoms with E-state index in [-0.39, 0.29) is 5.82 Å². The molecule has 0 aliphatic carbocycles. The van der Waals surface area contributed by atoms with Gasteiger partial charge in [-0.3, -0.25) is 0 Å². The minimum absolute atomic E-state index is 0.227. The fraction of sp³-hybridized carbons (Fsp3) is 0.0882. The van der Waals surface area contributed by atoms with Crippen molar-refractivity contribution in [1.82, 2.24) is 9.78 Å². The quantitative estimate of drug-likeness (QED) is 0.236. The molecule has 5 aromatic carbocycles. The minimum Gasteiger partial charge on any atom is -0.371 e. The van der Waals surface area contributed by atoms with Gasteiger partial charge in [-0.05, 0) is 64.6 Å². The van der Waals surface area contributed by atoms with Crippen LogP contribution in [0.25, 0.3) is 22.0 Å². The number of aryl methyl sites for hydroxylation is 1. The molecule has 0 saturated heterocycles. The second kappa shape index (κ2) is 9.64. The molecule has 0 saturated carbocycles. The van der Waals surface area contributed by atoms with Crippen molar-refractivity contribution in [2.45, 2.75) is 12.5 Å². The van der Waals surface area contributed by atoms with Crippen LogP contribution in [-0.4, -0.2) is 16.8 Å². The van der Waals surface area contributed by atoms with Gasteiger partial charge in [0.2, 0.25) is 0 Å². The van der Waals surface area contributed by atoms with E-state index in [2.05, 4.69) is 101 Å². The summed E-state index contributed by atoms with van der Waals surface area (Å²) < 4.78 is 16.0. The molecule has 0 bridgehead atoms. The fourth-order valence-electron chi connectivity index (χ4n) is 5.58. The van der Waals surface area contributed by atoms with E-state index < -0.39 is 5.54 Å². The summed E-state index contributed by atoms with van der Waals surface area (Å²) in [5, 5.41) is 9.55. The number of benzene rings is 5. The third kappa shape index (κ3) is 3.77. The highest BCUT2D eigenvalue weighted by atomic mass is 19.1. The zero-order chi connectivity index (χ0) is 26.1. The molecule has 6 rings (SSSR count). The summed E-state index contributed by atoms with van der Waals surface area (Å²) in [7, 11) is 1.90. The molecule has 0 atom stereocenters. The standard InChI is InChI=1S/C34H28FN3/c1-24-22-29(35)19-20-30(24)25-18-21-32-31(23-25)33(36-2)37-38(32)34(26-12-6-3-7-13-26,27-14-8-4-9-15-27)28-16-10-5-11-17-28/h3-23H,1-2H3,(H,36,37). The maximum Gasteiger partial charge on any atom is 0.155 e. The summed E-state index contributed by atoms with van der Waals surface area (Å²) >= 11 is 0. The molecular weight excluding hydrogens is 469 g/mol. The zero-order valence-electron chi connectivity index (χ0n) is 21.4. The van der Waals surface area contributed by atoms with E-state index in [1.807, 2.05) is 38.2 Å². The number of halogens is 1. The molecule has 0 radical (unpaired) electrons. The van der Waals surface area contributed by atoms with Gasteiger partial charge in [-0.2, -0.15) is 5.10 Å². The van der Waals surface area contributed by atoms with E-state index in [0.717, 1.165) is 50.1 Å². The van der Waals surface area contributed by atoms with E-state index in [1.165, 1.54) is 6.07 Å². The average molecular weight is 498 g/mol. The van der Waals surface area contributed by atoms with Crippen molar-refractivity contribution in [2.24, 2.45) is 0 Å². The molecule has 6 aromatic rings. The van der Waals surface area contributed by atoms with E-state index in [0.29, 0.717) is 0 Å². The van der Waals surface area contributed by atoms with Crippen LogP contribution in [0.15, 0.2) is 127 Å². The number of hydrogen-bond acceptors (Lipinski definition) is 2. The second-order valence-corrected chi connectivity index (χ2v) is 9.51. The molecule has 0 amide bonds. The van der Waals surface area contributed by atoms with Crippen molar-refractivity contribution >= 4 is 16.7 Å². The third-order valence-electron chi connectivity index (χ3n) is 7.31. The van der Waals surface area contributed by atoms with Gasteiger partial charge in [0, 0.05) is 12.4 Å². The van der Waals surface area contributed by atoms with E-state index >= 15 is 0 Å². The molecule has 1 heterocycles. The van der Waals surface area contributed by atoms with Gasteiger partial charge < -0.3 is 5.32 Å². The van der Waals surface area contributed by atoms with Gasteiger partial charge in [0.1, 0.15) is 11.4 Å². The van der Waals surface area contributed by atoms with Crippen LogP contribution >= 0.6 is 0 Å². The summed E-state index contributed by atoms with van der Waals surface area (Å²) in [6.07, 6.45) is 0. The molecule has 186 valence electrons. The molecule has 0 fully saturated rings. The summed E-state index contributed by atoms with van der Waals surface area (Å²) in [5.41, 5.74) is 6.54. The monoisotopic (exact) mass is 497 g/mol. The van der Waals surface area contributed by atoms with Crippen molar-refractivity contribution in [3.8, 4) is 11.1 Å². The number of nitrogens with one attached hydrogen (secondary N) is 1. The number of aromatic nitrogens is 2. The van der Waals surface area contributed by atoms with Gasteiger partial charge in [-0.15, -0.1) is 0 Å². The molecule has 0 aliphatic heterocycles. The maximum absolute atomic E-state index is 13.8. The largest absolute Gasteiger partial charge is 0.371 e. The Labute approximate surface area is 222 Å². The lowest BCUT2D eigenvalue weighted by molar-refractivity contribution is 0.477. The fourth-order valence-corrected chi connectivity index (χ4v) is 5.58. The van der Waals surface area contributed by atoms with Crippen LogP contribution < -0.4 is 5.32 Å². The first-order valence-corrected chi connectivity index (χ1v) is 12.8. The molecule has 0 aliphatic rings. The lowest BCUT2D eigenvalue weighted by atomic mass is 9.77. The summed E-state index contributed by atoms with van der Waals surface area (Å²) in [4.78, 5) is 0. The van der Waals surface area contributed by atoms with Crippen LogP contribution in [-0.2, 0) is 5.54 Å². The average Bonchev–Trinajstić information content (AvgIpc) is 3.33. The third-order valence-corrected chi connectivity index (χ3v) is 7.31. The highest BCUT2D eigenvalue weighted by Crippen LogP contribution is 2.44. The maximum atomic E-state index is 13.8. The Hall–Kier alpha value is -4.70. The van der Waals surface area contributed by atoms with E-state index in [4.69, 9.17) is 5.10 Å². The van der Waals surface area contributed by atoms with Crippen molar-refractivity contribution in [3.05, 3.63) is 155 Å². The normalized spacial score (nSPS) is 11.6. The Bertz CT molecular complexity index is 1610. The number of nitrogens with zero attached hydrogens (tertiary/aromatic N) is 2. The topological polar surface area (TPSA) is 29.9 Å². The van der Waals surface area contributed by atoms with Crippen molar-refractivity contribution < 1.29 is 4.39 Å². The van der Waals surface area contributed by atoms with Crippen LogP contribution in [0.1, 0.15) is 22.3 Å². The second-order valence-electron chi connectivity index (χ2n) is 9.51. The van der Waals surface area contributed by atoms with Gasteiger partial charge in [-0.1, -0.05) is 103 Å². The van der Waals surface area contributed by atoms with Gasteiger partial charge in [0.15, 0.2) is 5.82 Å². The highest BCUT2D eigenvalue weighted by molar-refractivity contribution is 5.94. The molecule has 1 aromatic heterocycles. The Morgan fingerprint density at radius 3 is 1.74 bits per heavy atom. The summed E-state index contributed by atoms with van der Waals surface area (Å²) in [5.74, 6) is 0.559. The molecule has 4 heteroatoms. The van der Waals surface area contributed by atoms with E-state index in [1.54, 1.807) is 6.07 Å². The highest BCUT2D eigenvalue weighted by Gasteiger charge is 2.40. The summed E-state index contributed by atoms with van der Waals surface area (Å²) in [6.45, 7) is 1.94. The van der Waals surface area contributed by atoms with Crippen molar-refractivity contribution in [1.29, 1.82) is 0 Å². The SMILES string of the molecule is CNc1nn(C(c2ccccc2)(c2ccccc2)c2ccccc2)c2ccc(-c3ccc(F)cc3C)cc12. The van der Waals surface area contributed by atoms with Crippen LogP contribution in [0.4, 0.5) is 10.2 Å². The molecular formula is C34H28FN3. The lowest BCUT2D eigenvalue weighted by Gasteiger charge is -2.37. The summed E-state index contributed by atoms with van der Waals surface area (Å²) in [6, 6.07) is 42.9. The van der Waals surface area contributed by atoms with Crippen LogP contribution in [0.5, 0.6) is 0 Å². The minimum atomic E-state index is -0.718. The molecule has 0 spiro atoms. The van der Waals surface area contributed by atoms with Gasteiger partial charge in [-0.25, -0.2) is 9.07 Å². The van der Waals surface area contributed by atoms with Crippen molar-refractivity contribution in [3.63, 3.8) is 0 Å². The van der Waals surface area contributed by atoms with Crippen LogP contribution in [0.2, 0.25) is 0 Å². The molecule has 38 heavy (non-hydrogen) atoms. The Balaban J connectivity index is 1.70. The first kappa shape index (κ1) is 23.7. The predicted molar refractivity (Wildman–Crippen MR) is 154 cm³/mol. The van der Waals surface area contributed by atoms with Crippen LogP contribution in [0, 0.1) is 12.7 Å². The number of hydrogen-bond donors (Lipinski definition) is 1. The number of fused-ring (bicyclic) bond motifs is 1. The van der Waals surface area contributed by atoms with Gasteiger partial charge in [0.25, 0.3) is 0 Å². The van der Waals surface area contributed by atoms with Crippen LogP contribution in [0.3, 0.4) is 0 Å². The first-order chi connectivity index (χ1) is 18.6. The zero-order valence-corrected chi connectivity index (χ0v) is 21.4. The Kier molecular flexibility index (Phi) is 6.01. The van der Waals surface area contributed by atoms with Crippen molar-refractivity contribution in [2.75, 3.05) is 12.4 Å².